The first-order chi connectivity index (χ1) is 8.70. The van der Waals surface area contributed by atoms with Crippen LogP contribution < -0.4 is 0 Å². The smallest absolute Gasteiger partial charge is 0.437 e. The van der Waals surface area contributed by atoms with Crippen molar-refractivity contribution in [2.75, 3.05) is 6.61 Å². The van der Waals surface area contributed by atoms with Crippen molar-refractivity contribution in [3.05, 3.63) is 12.7 Å². The topological polar surface area (TPSA) is 26.3 Å². The molecule has 0 N–H and O–H groups in total. The van der Waals surface area contributed by atoms with Gasteiger partial charge in [0, 0.05) is 12.5 Å². The SMILES string of the molecule is C=CC(=O)OCCC(F)(F)C(F)(C(F)(F)F)C(F)(F)F. The number of alkyl halides is 9. The first-order valence-electron chi connectivity index (χ1n) is 4.70. The van der Waals surface area contributed by atoms with E-state index in [2.05, 4.69) is 11.3 Å². The summed E-state index contributed by atoms with van der Waals surface area (Å²) in [5.41, 5.74) is -6.74. The van der Waals surface area contributed by atoms with Gasteiger partial charge in [0.2, 0.25) is 0 Å². The van der Waals surface area contributed by atoms with Gasteiger partial charge in [-0.15, -0.1) is 0 Å². The first-order valence-corrected chi connectivity index (χ1v) is 4.70. The van der Waals surface area contributed by atoms with Gasteiger partial charge in [-0.2, -0.15) is 26.3 Å². The summed E-state index contributed by atoms with van der Waals surface area (Å²) in [5, 5.41) is 0. The highest BCUT2D eigenvalue weighted by atomic mass is 19.4. The molecule has 0 radical (unpaired) electrons. The Morgan fingerprint density at radius 1 is 0.950 bits per heavy atom. The summed E-state index contributed by atoms with van der Waals surface area (Å²) in [6, 6.07) is 0. The van der Waals surface area contributed by atoms with Crippen molar-refractivity contribution in [2.45, 2.75) is 30.4 Å². The normalized spacial score (nSPS) is 14.1. The molecule has 20 heavy (non-hydrogen) atoms. The average molecular weight is 318 g/mol. The molecule has 0 saturated carbocycles. The highest BCUT2D eigenvalue weighted by Gasteiger charge is 2.83. The van der Waals surface area contributed by atoms with Crippen molar-refractivity contribution in [1.82, 2.24) is 0 Å². The fourth-order valence-electron chi connectivity index (χ4n) is 1.09. The lowest BCUT2D eigenvalue weighted by atomic mass is 9.93. The van der Waals surface area contributed by atoms with Gasteiger partial charge in [-0.25, -0.2) is 18.0 Å². The third kappa shape index (κ3) is 3.37. The van der Waals surface area contributed by atoms with Gasteiger partial charge in [0.1, 0.15) is 0 Å². The third-order valence-electron chi connectivity index (χ3n) is 2.11. The lowest BCUT2D eigenvalue weighted by Gasteiger charge is -2.35. The fourth-order valence-corrected chi connectivity index (χ4v) is 1.09. The van der Waals surface area contributed by atoms with Crippen molar-refractivity contribution in [3.8, 4) is 0 Å². The summed E-state index contributed by atoms with van der Waals surface area (Å²) in [6.45, 7) is 1.26. The maximum Gasteiger partial charge on any atom is 0.437 e. The van der Waals surface area contributed by atoms with E-state index in [0.717, 1.165) is 0 Å². The molecule has 0 atom stereocenters. The minimum atomic E-state index is -6.89. The Hall–Kier alpha value is -1.42. The lowest BCUT2D eigenvalue weighted by Crippen LogP contribution is -2.64. The minimum absolute atomic E-state index is 0.439. The third-order valence-corrected chi connectivity index (χ3v) is 2.11. The van der Waals surface area contributed by atoms with Crippen LogP contribution in [0, 0.1) is 0 Å². The van der Waals surface area contributed by atoms with Gasteiger partial charge < -0.3 is 4.74 Å². The average Bonchev–Trinajstić information content (AvgIpc) is 2.24. The molecule has 0 unspecified atom stereocenters. The zero-order chi connectivity index (χ0) is 16.4. The number of hydrogen-bond acceptors (Lipinski definition) is 2. The second-order valence-electron chi connectivity index (χ2n) is 3.48. The van der Waals surface area contributed by atoms with Crippen LogP contribution in [0.15, 0.2) is 12.7 Å². The molecule has 0 aliphatic rings. The molecule has 0 aromatic rings. The van der Waals surface area contributed by atoms with Gasteiger partial charge in [0.05, 0.1) is 6.61 Å². The van der Waals surface area contributed by atoms with Crippen LogP contribution in [0.4, 0.5) is 39.5 Å². The van der Waals surface area contributed by atoms with E-state index in [0.29, 0.717) is 6.08 Å². The van der Waals surface area contributed by atoms with E-state index in [-0.39, 0.29) is 0 Å². The quantitative estimate of drug-likeness (QED) is 0.440. The molecular formula is C9H7F9O2. The lowest BCUT2D eigenvalue weighted by molar-refractivity contribution is -0.397. The summed E-state index contributed by atoms with van der Waals surface area (Å²) >= 11 is 0. The van der Waals surface area contributed by atoms with Crippen LogP contribution in [-0.2, 0) is 9.53 Å². The molecule has 0 aliphatic heterocycles. The molecule has 0 rings (SSSR count). The molecule has 11 heteroatoms. The van der Waals surface area contributed by atoms with Gasteiger partial charge in [-0.3, -0.25) is 0 Å². The van der Waals surface area contributed by atoms with Crippen molar-refractivity contribution in [1.29, 1.82) is 0 Å². The van der Waals surface area contributed by atoms with Crippen LogP contribution in [0.1, 0.15) is 6.42 Å². The summed E-state index contributed by atoms with van der Waals surface area (Å²) in [7, 11) is 0. The number of carbonyl (C=O) groups excluding carboxylic acids is 1. The van der Waals surface area contributed by atoms with Gasteiger partial charge >= 0.3 is 29.9 Å². The number of rotatable bonds is 5. The van der Waals surface area contributed by atoms with E-state index in [9.17, 15) is 44.3 Å². The van der Waals surface area contributed by atoms with Crippen LogP contribution in [0.2, 0.25) is 0 Å². The van der Waals surface area contributed by atoms with Crippen LogP contribution in [0.5, 0.6) is 0 Å². The Morgan fingerprint density at radius 2 is 1.35 bits per heavy atom. The number of ether oxygens (including phenoxy) is 1. The molecule has 0 spiro atoms. The molecule has 0 bridgehead atoms. The molecule has 0 fully saturated rings. The Bertz CT molecular complexity index is 355. The maximum atomic E-state index is 13.0. The monoisotopic (exact) mass is 318 g/mol. The van der Waals surface area contributed by atoms with E-state index in [1.54, 1.807) is 0 Å². The molecule has 0 amide bonds. The van der Waals surface area contributed by atoms with Gasteiger partial charge in [-0.1, -0.05) is 6.58 Å². The molecular weight excluding hydrogens is 311 g/mol. The zero-order valence-electron chi connectivity index (χ0n) is 9.42. The molecule has 2 nitrogen and oxygen atoms in total. The largest absolute Gasteiger partial charge is 0.462 e. The molecule has 0 heterocycles. The first kappa shape index (κ1) is 18.6. The van der Waals surface area contributed by atoms with E-state index < -0.39 is 42.9 Å². The fraction of sp³-hybridized carbons (Fsp3) is 0.667. The summed E-state index contributed by atoms with van der Waals surface area (Å²) in [4.78, 5) is 10.4. The highest BCUT2D eigenvalue weighted by molar-refractivity contribution is 5.81. The number of esters is 1. The van der Waals surface area contributed by atoms with Gasteiger partial charge in [0.25, 0.3) is 0 Å². The highest BCUT2D eigenvalue weighted by Crippen LogP contribution is 2.55. The molecule has 118 valence electrons. The van der Waals surface area contributed by atoms with Crippen molar-refractivity contribution in [2.24, 2.45) is 0 Å². The van der Waals surface area contributed by atoms with E-state index >= 15 is 0 Å². The molecule has 0 aromatic carbocycles. The maximum absolute atomic E-state index is 13.0. The summed E-state index contributed by atoms with van der Waals surface area (Å²) < 4.78 is 115. The van der Waals surface area contributed by atoms with E-state index in [1.807, 2.05) is 0 Å². The second-order valence-corrected chi connectivity index (χ2v) is 3.48. The standard InChI is InChI=1S/C9H7F9O2/c1-2-5(19)20-4-3-6(10,11)7(12,8(13,14)15)9(16,17)18/h2H,1,3-4H2. The van der Waals surface area contributed by atoms with Crippen molar-refractivity contribution < 1.29 is 49.0 Å². The molecule has 0 saturated heterocycles. The predicted molar refractivity (Wildman–Crippen MR) is 46.7 cm³/mol. The van der Waals surface area contributed by atoms with Crippen LogP contribution in [0.3, 0.4) is 0 Å². The van der Waals surface area contributed by atoms with Crippen molar-refractivity contribution in [3.63, 3.8) is 0 Å². The summed E-state index contributed by atoms with van der Waals surface area (Å²) in [6.07, 6.45) is -15.6. The Morgan fingerprint density at radius 3 is 1.65 bits per heavy atom. The predicted octanol–water partition coefficient (Wildman–Crippen LogP) is 3.57. The van der Waals surface area contributed by atoms with Crippen LogP contribution in [-0.4, -0.2) is 36.5 Å². The Kier molecular flexibility index (Phi) is 5.13. The molecule has 0 aliphatic carbocycles. The van der Waals surface area contributed by atoms with E-state index in [4.69, 9.17) is 0 Å². The number of halogens is 9. The summed E-state index contributed by atoms with van der Waals surface area (Å²) in [5.74, 6) is -7.23. The minimum Gasteiger partial charge on any atom is -0.462 e. The van der Waals surface area contributed by atoms with Gasteiger partial charge in [-0.05, 0) is 0 Å². The van der Waals surface area contributed by atoms with Crippen LogP contribution >= 0.6 is 0 Å². The van der Waals surface area contributed by atoms with Crippen molar-refractivity contribution >= 4 is 5.97 Å². The van der Waals surface area contributed by atoms with E-state index in [1.165, 1.54) is 0 Å². The molecule has 0 aromatic heterocycles. The Labute approximate surface area is 106 Å². The second kappa shape index (κ2) is 5.52. The Balaban J connectivity index is 5.28. The van der Waals surface area contributed by atoms with Crippen LogP contribution in [0.25, 0.3) is 0 Å². The number of hydrogen-bond donors (Lipinski definition) is 0. The zero-order valence-corrected chi connectivity index (χ0v) is 9.42. The van der Waals surface area contributed by atoms with Gasteiger partial charge in [0.15, 0.2) is 0 Å². The number of carbonyl (C=O) groups is 1.